The number of carbonyl (C=O) groups excluding carboxylic acids is 1. The Hall–Kier alpha value is -2.51. The van der Waals surface area contributed by atoms with E-state index in [4.69, 9.17) is 0 Å². The number of likely N-dealkylation sites (N-methyl/N-ethyl adjacent to an activating group) is 1. The van der Waals surface area contributed by atoms with E-state index >= 15 is 0 Å². The minimum absolute atomic E-state index is 0.110. The van der Waals surface area contributed by atoms with Gasteiger partial charge < -0.3 is 9.88 Å². The summed E-state index contributed by atoms with van der Waals surface area (Å²) in [7, 11) is 3.56. The fourth-order valence-electron chi connectivity index (χ4n) is 3.68. The van der Waals surface area contributed by atoms with Crippen LogP contribution in [0, 0.1) is 0 Å². The van der Waals surface area contributed by atoms with Gasteiger partial charge in [0.05, 0.1) is 18.0 Å². The fraction of sp³-hybridized carbons (Fsp3) is 0.350. The number of thiophene rings is 1. The molecule has 1 N–H and O–H groups in total. The molecule has 1 aliphatic heterocycles. The molecule has 3 aromatic rings. The van der Waals surface area contributed by atoms with E-state index in [1.165, 1.54) is 11.3 Å². The summed E-state index contributed by atoms with van der Waals surface area (Å²) in [5.74, 6) is 0.728. The third-order valence-corrected chi connectivity index (χ3v) is 5.89. The van der Waals surface area contributed by atoms with Gasteiger partial charge >= 0.3 is 0 Å². The summed E-state index contributed by atoms with van der Waals surface area (Å²) in [4.78, 5) is 37.2. The number of benzene rings is 1. The molecule has 27 heavy (non-hydrogen) atoms. The number of hydrogen-bond acceptors (Lipinski definition) is 5. The van der Waals surface area contributed by atoms with Gasteiger partial charge in [-0.1, -0.05) is 30.3 Å². The highest BCUT2D eigenvalue weighted by Crippen LogP contribution is 2.30. The summed E-state index contributed by atoms with van der Waals surface area (Å²) >= 11 is 1.48. The molecular weight excluding hydrogens is 360 g/mol. The van der Waals surface area contributed by atoms with Crippen LogP contribution in [0.1, 0.15) is 18.7 Å². The Kier molecular flexibility index (Phi) is 4.80. The molecule has 7 heteroatoms. The van der Waals surface area contributed by atoms with Crippen molar-refractivity contribution in [2.75, 3.05) is 20.6 Å². The number of hydrogen-bond donors (Lipinski definition) is 1. The van der Waals surface area contributed by atoms with Gasteiger partial charge in [0, 0.05) is 25.0 Å². The third-order valence-electron chi connectivity index (χ3n) is 5.02. The molecule has 0 unspecified atom stereocenters. The average Bonchev–Trinajstić information content (AvgIpc) is 3.29. The number of carbonyl (C=O) groups is 1. The molecule has 1 aromatic carbocycles. The Balaban J connectivity index is 1.65. The van der Waals surface area contributed by atoms with Gasteiger partial charge in [0.2, 0.25) is 5.91 Å². The molecule has 2 aromatic heterocycles. The zero-order chi connectivity index (χ0) is 19.0. The van der Waals surface area contributed by atoms with E-state index in [2.05, 4.69) is 14.9 Å². The van der Waals surface area contributed by atoms with E-state index in [9.17, 15) is 9.59 Å². The maximum Gasteiger partial charge on any atom is 0.260 e. The Morgan fingerprint density at radius 2 is 2.11 bits per heavy atom. The number of rotatable bonds is 4. The maximum absolute atomic E-state index is 12.8. The molecule has 4 rings (SSSR count). The number of aromatic nitrogens is 2. The second-order valence-corrected chi connectivity index (χ2v) is 7.93. The highest BCUT2D eigenvalue weighted by molar-refractivity contribution is 7.17. The Morgan fingerprint density at radius 3 is 2.85 bits per heavy atom. The molecule has 1 fully saturated rings. The molecule has 0 radical (unpaired) electrons. The molecule has 140 valence electrons. The quantitative estimate of drug-likeness (QED) is 0.753. The number of fused-ring (bicyclic) bond motifs is 1. The van der Waals surface area contributed by atoms with Gasteiger partial charge in [-0.2, -0.15) is 0 Å². The van der Waals surface area contributed by atoms with Crippen LogP contribution in [0.4, 0.5) is 0 Å². The molecule has 1 saturated heterocycles. The first-order valence-electron chi connectivity index (χ1n) is 9.05. The van der Waals surface area contributed by atoms with Crippen molar-refractivity contribution < 1.29 is 4.79 Å². The van der Waals surface area contributed by atoms with Gasteiger partial charge in [0.15, 0.2) is 0 Å². The second-order valence-electron chi connectivity index (χ2n) is 7.07. The van der Waals surface area contributed by atoms with Gasteiger partial charge in [0.1, 0.15) is 10.7 Å². The summed E-state index contributed by atoms with van der Waals surface area (Å²) in [6, 6.07) is 9.74. The Labute approximate surface area is 161 Å². The predicted octanol–water partition coefficient (Wildman–Crippen LogP) is 2.70. The van der Waals surface area contributed by atoms with Crippen LogP contribution in [0.2, 0.25) is 0 Å². The van der Waals surface area contributed by atoms with Crippen molar-refractivity contribution in [3.05, 3.63) is 51.9 Å². The molecule has 0 saturated carbocycles. The Bertz CT molecular complexity index is 1030. The van der Waals surface area contributed by atoms with Crippen LogP contribution in [-0.2, 0) is 11.3 Å². The molecule has 0 bridgehead atoms. The summed E-state index contributed by atoms with van der Waals surface area (Å²) in [5, 5.41) is 2.62. The first-order valence-corrected chi connectivity index (χ1v) is 9.93. The molecule has 1 atom stereocenters. The first-order chi connectivity index (χ1) is 13.0. The molecule has 3 heterocycles. The number of aromatic amines is 1. The van der Waals surface area contributed by atoms with Crippen LogP contribution in [0.3, 0.4) is 0 Å². The summed E-state index contributed by atoms with van der Waals surface area (Å²) in [6.45, 7) is 1.32. The Morgan fingerprint density at radius 1 is 1.33 bits per heavy atom. The van der Waals surface area contributed by atoms with Gasteiger partial charge in [-0.15, -0.1) is 11.3 Å². The van der Waals surface area contributed by atoms with E-state index in [0.717, 1.165) is 35.3 Å². The standard InChI is InChI=1S/C20H22N4O2S/c1-23(2)20(26)15-9-6-10-24(15)11-16-21-18(25)17-14(12-27-19(17)22-16)13-7-4-3-5-8-13/h3-5,7-8,12,15H,6,9-11H2,1-2H3,(H,21,22,25)/t15-/m1/s1. The highest BCUT2D eigenvalue weighted by Gasteiger charge is 2.32. The summed E-state index contributed by atoms with van der Waals surface area (Å²) < 4.78 is 0. The fourth-order valence-corrected chi connectivity index (χ4v) is 4.65. The van der Waals surface area contributed by atoms with E-state index in [1.807, 2.05) is 35.7 Å². The number of amides is 1. The van der Waals surface area contributed by atoms with Crippen LogP contribution in [0.15, 0.2) is 40.5 Å². The lowest BCUT2D eigenvalue weighted by Gasteiger charge is -2.25. The minimum atomic E-state index is -0.135. The van der Waals surface area contributed by atoms with E-state index in [-0.39, 0.29) is 17.5 Å². The number of nitrogens with zero attached hydrogens (tertiary/aromatic N) is 3. The normalized spacial score (nSPS) is 17.5. The lowest BCUT2D eigenvalue weighted by Crippen LogP contribution is -2.42. The van der Waals surface area contributed by atoms with Crippen LogP contribution in [0.25, 0.3) is 21.3 Å². The van der Waals surface area contributed by atoms with Crippen LogP contribution >= 0.6 is 11.3 Å². The van der Waals surface area contributed by atoms with Gasteiger partial charge in [-0.05, 0) is 24.9 Å². The van der Waals surface area contributed by atoms with Crippen LogP contribution in [0.5, 0.6) is 0 Å². The van der Waals surface area contributed by atoms with Crippen LogP contribution in [-0.4, -0.2) is 52.4 Å². The van der Waals surface area contributed by atoms with Crippen molar-refractivity contribution in [2.24, 2.45) is 0 Å². The van der Waals surface area contributed by atoms with Gasteiger partial charge in [0.25, 0.3) is 5.56 Å². The lowest BCUT2D eigenvalue weighted by atomic mass is 10.1. The molecule has 1 amide bonds. The van der Waals surface area contributed by atoms with Crippen molar-refractivity contribution in [2.45, 2.75) is 25.4 Å². The summed E-state index contributed by atoms with van der Waals surface area (Å²) in [6.07, 6.45) is 1.83. The zero-order valence-electron chi connectivity index (χ0n) is 15.4. The molecule has 0 aliphatic carbocycles. The largest absolute Gasteiger partial charge is 0.347 e. The third kappa shape index (κ3) is 3.40. The lowest BCUT2D eigenvalue weighted by molar-refractivity contribution is -0.133. The average molecular weight is 382 g/mol. The van der Waals surface area contributed by atoms with Crippen molar-refractivity contribution in [1.82, 2.24) is 19.8 Å². The molecule has 1 aliphatic rings. The minimum Gasteiger partial charge on any atom is -0.347 e. The predicted molar refractivity (Wildman–Crippen MR) is 108 cm³/mol. The van der Waals surface area contributed by atoms with Gasteiger partial charge in [-0.25, -0.2) is 4.98 Å². The maximum atomic E-state index is 12.8. The van der Waals surface area contributed by atoms with Crippen molar-refractivity contribution in [3.8, 4) is 11.1 Å². The molecular formula is C20H22N4O2S. The molecule has 0 spiro atoms. The molecule has 6 nitrogen and oxygen atoms in total. The van der Waals surface area contributed by atoms with Gasteiger partial charge in [-0.3, -0.25) is 14.5 Å². The van der Waals surface area contributed by atoms with Crippen molar-refractivity contribution in [3.63, 3.8) is 0 Å². The van der Waals surface area contributed by atoms with Crippen molar-refractivity contribution in [1.29, 1.82) is 0 Å². The van der Waals surface area contributed by atoms with E-state index in [1.54, 1.807) is 19.0 Å². The number of nitrogens with one attached hydrogen (secondary N) is 1. The number of likely N-dealkylation sites (tertiary alicyclic amines) is 1. The van der Waals surface area contributed by atoms with E-state index in [0.29, 0.717) is 17.8 Å². The summed E-state index contributed by atoms with van der Waals surface area (Å²) in [5.41, 5.74) is 1.81. The van der Waals surface area contributed by atoms with Crippen molar-refractivity contribution >= 4 is 27.5 Å². The second kappa shape index (κ2) is 7.25. The number of H-pyrrole nitrogens is 1. The highest BCUT2D eigenvalue weighted by atomic mass is 32.1. The smallest absolute Gasteiger partial charge is 0.260 e. The van der Waals surface area contributed by atoms with E-state index < -0.39 is 0 Å². The first kappa shape index (κ1) is 17.9. The zero-order valence-corrected chi connectivity index (χ0v) is 16.3. The van der Waals surface area contributed by atoms with Crippen LogP contribution < -0.4 is 5.56 Å². The monoisotopic (exact) mass is 382 g/mol. The topological polar surface area (TPSA) is 69.3 Å². The SMILES string of the molecule is CN(C)C(=O)[C@H]1CCCN1Cc1nc2scc(-c3ccccc3)c2c(=O)[nH]1.